The Labute approximate surface area is 250 Å². The van der Waals surface area contributed by atoms with E-state index in [2.05, 4.69) is 9.97 Å². The van der Waals surface area contributed by atoms with Gasteiger partial charge >= 0.3 is 0 Å². The molecule has 0 bridgehead atoms. The van der Waals surface area contributed by atoms with Crippen LogP contribution >= 0.6 is 92.3 Å². The van der Waals surface area contributed by atoms with Crippen molar-refractivity contribution in [1.82, 2.24) is 9.97 Å². The van der Waals surface area contributed by atoms with Crippen LogP contribution in [0.25, 0.3) is 0 Å². The molecule has 15 heteroatoms. The molecule has 4 rings (SSSR count). The molecule has 196 valence electrons. The summed E-state index contributed by atoms with van der Waals surface area (Å²) in [6.45, 7) is 0.0520. The van der Waals surface area contributed by atoms with Crippen LogP contribution in [0.5, 0.6) is 11.8 Å². The van der Waals surface area contributed by atoms with Crippen LogP contribution in [-0.4, -0.2) is 18.4 Å². The van der Waals surface area contributed by atoms with Gasteiger partial charge in [0.2, 0.25) is 28.0 Å². The molecule has 0 radical (unpaired) electrons. The lowest BCUT2D eigenvalue weighted by Gasteiger charge is -2.16. The zero-order valence-corrected chi connectivity index (χ0v) is 25.2. The first-order valence-electron chi connectivity index (χ1n) is 10.1. The Kier molecular flexibility index (Phi) is 9.10. The molecule has 0 aliphatic rings. The fraction of sp³-hybridized carbons (Fsp3) is 0.182. The molecule has 0 atom stereocenters. The molecule has 37 heavy (non-hydrogen) atoms. The van der Waals surface area contributed by atoms with Crippen LogP contribution in [0.3, 0.4) is 0 Å². The van der Waals surface area contributed by atoms with Crippen molar-refractivity contribution in [2.75, 3.05) is 0 Å². The summed E-state index contributed by atoms with van der Waals surface area (Å²) in [4.78, 5) is 8.20. The Bertz CT molecular complexity index is 1390. The Balaban J connectivity index is 1.44. The van der Waals surface area contributed by atoms with Crippen LogP contribution in [0.4, 0.5) is 0 Å². The zero-order chi connectivity index (χ0) is 26.8. The van der Waals surface area contributed by atoms with Gasteiger partial charge in [0.25, 0.3) is 9.84 Å². The molecule has 0 aliphatic carbocycles. The van der Waals surface area contributed by atoms with Crippen LogP contribution < -0.4 is 9.47 Å². The second-order valence-corrected chi connectivity index (χ2v) is 15.9. The minimum atomic E-state index is -4.00. The highest BCUT2D eigenvalue weighted by atomic mass is 35.6. The molecule has 4 aromatic rings. The van der Waals surface area contributed by atoms with Crippen molar-refractivity contribution in [3.63, 3.8) is 0 Å². The number of benzene rings is 2. The molecule has 2 aromatic carbocycles. The normalized spacial score (nSPS) is 12.5. The maximum absolute atomic E-state index is 13.1. The summed E-state index contributed by atoms with van der Waals surface area (Å²) in [5, 5.41) is 2.95. The van der Waals surface area contributed by atoms with E-state index in [4.69, 9.17) is 79.1 Å². The molecule has 6 nitrogen and oxygen atoms in total. The number of nitrogens with zero attached hydrogens (tertiary/aromatic N) is 2. The maximum Gasteiger partial charge on any atom is 0.260 e. The summed E-state index contributed by atoms with van der Waals surface area (Å²) >= 11 is 37.9. The number of aromatic nitrogens is 2. The molecule has 2 aromatic heterocycles. The molecule has 0 saturated heterocycles. The minimum Gasteiger partial charge on any atom is -0.472 e. The van der Waals surface area contributed by atoms with Crippen LogP contribution in [0.2, 0.25) is 0 Å². The number of hydrogen-bond acceptors (Lipinski definition) is 8. The zero-order valence-electron chi connectivity index (χ0n) is 18.2. The summed E-state index contributed by atoms with van der Waals surface area (Å²) in [6.07, 6.45) is 0. The first kappa shape index (κ1) is 29.0. The topological polar surface area (TPSA) is 78.4 Å². The van der Waals surface area contributed by atoms with Crippen LogP contribution in [0, 0.1) is 0 Å². The predicted molar refractivity (Wildman–Crippen MR) is 150 cm³/mol. The first-order valence-corrected chi connectivity index (χ1v) is 15.6. The standard InChI is InChI=1S/C22H14Cl6N2O4S3/c23-21(24,25)15-7-3-1-5-13(15)9-33-17-11-35-19(29-17)37(31,32)20-30-18(12-36-20)34-10-14-6-2-4-8-16(14)22(26,27)28/h1-8,11-12H,9-10H2. The summed E-state index contributed by atoms with van der Waals surface area (Å²) in [6, 6.07) is 13.8. The Morgan fingerprint density at radius 3 is 1.43 bits per heavy atom. The van der Waals surface area contributed by atoms with Crippen LogP contribution in [-0.2, 0) is 30.6 Å². The van der Waals surface area contributed by atoms with Gasteiger partial charge in [-0.05, 0) is 11.1 Å². The molecule has 0 N–H and O–H groups in total. The number of thiazole rings is 2. The highest BCUT2D eigenvalue weighted by Crippen LogP contribution is 2.41. The van der Waals surface area contributed by atoms with Crippen molar-refractivity contribution in [2.45, 2.75) is 29.5 Å². The molecule has 2 heterocycles. The average Bonchev–Trinajstić information content (AvgIpc) is 3.51. The van der Waals surface area contributed by atoms with Crippen LogP contribution in [0.1, 0.15) is 22.3 Å². The molecule has 0 saturated carbocycles. The third kappa shape index (κ3) is 7.15. The highest BCUT2D eigenvalue weighted by Gasteiger charge is 2.29. The van der Waals surface area contributed by atoms with Gasteiger partial charge in [-0.1, -0.05) is 118 Å². The minimum absolute atomic E-state index is 0.0260. The first-order chi connectivity index (χ1) is 17.4. The lowest BCUT2D eigenvalue weighted by atomic mass is 10.1. The highest BCUT2D eigenvalue weighted by molar-refractivity contribution is 7.95. The van der Waals surface area contributed by atoms with Crippen molar-refractivity contribution in [3.05, 3.63) is 81.5 Å². The van der Waals surface area contributed by atoms with Crippen molar-refractivity contribution >= 4 is 102 Å². The number of rotatable bonds is 8. The average molecular weight is 679 g/mol. The number of sulfone groups is 1. The van der Waals surface area contributed by atoms with Crippen molar-refractivity contribution < 1.29 is 17.9 Å². The van der Waals surface area contributed by atoms with Gasteiger partial charge in [-0.2, -0.15) is 9.97 Å². The summed E-state index contributed by atoms with van der Waals surface area (Å²) in [5.74, 6) is 0.220. The second kappa shape index (κ2) is 11.6. The SMILES string of the molecule is O=S(=O)(c1nc(OCc2ccccc2C(Cl)(Cl)Cl)cs1)c1nc(OCc2ccccc2C(Cl)(Cl)Cl)cs1. The van der Waals surface area contributed by atoms with E-state index in [1.807, 2.05) is 0 Å². The Morgan fingerprint density at radius 1 is 0.676 bits per heavy atom. The van der Waals surface area contributed by atoms with Gasteiger partial charge in [0, 0.05) is 11.1 Å². The van der Waals surface area contributed by atoms with E-state index >= 15 is 0 Å². The third-order valence-corrected chi connectivity index (χ3v) is 10.2. The predicted octanol–water partition coefficient (Wildman–Crippen LogP) is 8.24. The summed E-state index contributed by atoms with van der Waals surface area (Å²) < 4.78 is 33.8. The fourth-order valence-corrected chi connectivity index (χ4v) is 7.63. The van der Waals surface area contributed by atoms with E-state index in [-0.39, 0.29) is 33.7 Å². The van der Waals surface area contributed by atoms with E-state index in [0.29, 0.717) is 22.3 Å². The van der Waals surface area contributed by atoms with Gasteiger partial charge in [0.15, 0.2) is 0 Å². The van der Waals surface area contributed by atoms with E-state index in [9.17, 15) is 8.42 Å². The molecular weight excluding hydrogens is 665 g/mol. The van der Waals surface area contributed by atoms with E-state index in [1.54, 1.807) is 48.5 Å². The van der Waals surface area contributed by atoms with Gasteiger partial charge in [-0.25, -0.2) is 8.42 Å². The van der Waals surface area contributed by atoms with Gasteiger partial charge in [0.05, 0.1) is 10.8 Å². The molecule has 0 amide bonds. The smallest absolute Gasteiger partial charge is 0.260 e. The Hall–Kier alpha value is -1.01. The molecule has 0 fully saturated rings. The quantitative estimate of drug-likeness (QED) is 0.175. The van der Waals surface area contributed by atoms with E-state index < -0.39 is 17.4 Å². The van der Waals surface area contributed by atoms with Gasteiger partial charge in [-0.15, -0.1) is 22.7 Å². The number of ether oxygens (including phenoxy) is 2. The lowest BCUT2D eigenvalue weighted by molar-refractivity contribution is 0.292. The summed E-state index contributed by atoms with van der Waals surface area (Å²) in [7, 11) is -4.00. The van der Waals surface area contributed by atoms with Gasteiger partial charge in [0.1, 0.15) is 13.2 Å². The summed E-state index contributed by atoms with van der Waals surface area (Å²) in [5.41, 5.74) is 2.15. The largest absolute Gasteiger partial charge is 0.472 e. The maximum atomic E-state index is 13.1. The van der Waals surface area contributed by atoms with Crippen molar-refractivity contribution in [3.8, 4) is 11.8 Å². The van der Waals surface area contributed by atoms with Gasteiger partial charge in [-0.3, -0.25) is 0 Å². The fourth-order valence-electron chi connectivity index (χ4n) is 3.09. The van der Waals surface area contributed by atoms with Crippen LogP contribution in [0.15, 0.2) is 68.0 Å². The number of halogens is 6. The third-order valence-electron chi connectivity index (χ3n) is 4.78. The molecule has 0 unspecified atom stereocenters. The van der Waals surface area contributed by atoms with Crippen molar-refractivity contribution in [1.29, 1.82) is 0 Å². The van der Waals surface area contributed by atoms with E-state index in [1.165, 1.54) is 10.8 Å². The monoisotopic (exact) mass is 676 g/mol. The molecular formula is C22H14Cl6N2O4S3. The Morgan fingerprint density at radius 2 is 1.05 bits per heavy atom. The number of hydrogen-bond donors (Lipinski definition) is 0. The van der Waals surface area contributed by atoms with E-state index in [0.717, 1.165) is 22.7 Å². The van der Waals surface area contributed by atoms with Crippen molar-refractivity contribution in [2.24, 2.45) is 0 Å². The number of alkyl halides is 6. The molecule has 0 spiro atoms. The molecule has 0 aliphatic heterocycles. The lowest BCUT2D eigenvalue weighted by Crippen LogP contribution is -2.08. The van der Waals surface area contributed by atoms with Gasteiger partial charge < -0.3 is 9.47 Å². The second-order valence-electron chi connectivity index (χ2n) is 7.29.